The number of cyclic esters (lactones) is 1. The first-order chi connectivity index (χ1) is 11.8. The highest BCUT2D eigenvalue weighted by atomic mass is 19.1. The molecule has 0 spiro atoms. The van der Waals surface area contributed by atoms with Crippen LogP contribution in [0.5, 0.6) is 5.75 Å². The third kappa shape index (κ3) is 2.59. The van der Waals surface area contributed by atoms with Crippen molar-refractivity contribution in [3.05, 3.63) is 29.3 Å². The highest BCUT2D eigenvalue weighted by molar-refractivity contribution is 6.24. The second kappa shape index (κ2) is 5.94. The second-order valence-corrected chi connectivity index (χ2v) is 5.58. The molecule has 1 aromatic rings. The summed E-state index contributed by atoms with van der Waals surface area (Å²) in [6, 6.07) is 2.17. The molecule has 0 atom stereocenters. The Morgan fingerprint density at radius 2 is 2.00 bits per heavy atom. The summed E-state index contributed by atoms with van der Waals surface area (Å²) in [5.41, 5.74) is 0.314. The van der Waals surface area contributed by atoms with Gasteiger partial charge in [0.15, 0.2) is 18.2 Å². The molecule has 0 radical (unpaired) electrons. The smallest absolute Gasteiger partial charge is 0.427 e. The fraction of sp³-hybridized carbons (Fsp3) is 0.235. The lowest BCUT2D eigenvalue weighted by atomic mass is 10.1. The van der Waals surface area contributed by atoms with Crippen LogP contribution in [0.3, 0.4) is 0 Å². The van der Waals surface area contributed by atoms with E-state index in [1.54, 1.807) is 13.8 Å². The molecule has 8 heteroatoms. The van der Waals surface area contributed by atoms with Crippen LogP contribution in [-0.2, 0) is 14.3 Å². The Morgan fingerprint density at radius 1 is 1.28 bits per heavy atom. The predicted molar refractivity (Wildman–Crippen MR) is 85.4 cm³/mol. The van der Waals surface area contributed by atoms with Crippen LogP contribution >= 0.6 is 0 Å². The van der Waals surface area contributed by atoms with Crippen LogP contribution in [0.15, 0.2) is 23.5 Å². The number of hydrogen-bond acceptors (Lipinski definition) is 5. The van der Waals surface area contributed by atoms with Crippen LogP contribution in [0.2, 0.25) is 0 Å². The van der Waals surface area contributed by atoms with Crippen molar-refractivity contribution in [2.75, 3.05) is 23.0 Å². The zero-order chi connectivity index (χ0) is 18.3. The van der Waals surface area contributed by atoms with Gasteiger partial charge in [0.2, 0.25) is 0 Å². The number of carbonyl (C=O) groups is 3. The van der Waals surface area contributed by atoms with E-state index in [-0.39, 0.29) is 36.0 Å². The third-order valence-corrected chi connectivity index (χ3v) is 3.69. The first kappa shape index (κ1) is 16.5. The van der Waals surface area contributed by atoms with Crippen LogP contribution in [0, 0.1) is 18.2 Å². The molecule has 1 aromatic carbocycles. The Kier molecular flexibility index (Phi) is 3.93. The standard InChI is InChI=1S/C17H13FN2O5/c1-4-5-19-12-7-11(10(18)6-13(12)24-8-14(19)21)20-16(22)15(9(2)3)25-17(20)23/h1,6-7H,5,8H2,2-3H3. The van der Waals surface area contributed by atoms with Gasteiger partial charge in [0.25, 0.3) is 5.91 Å². The van der Waals surface area contributed by atoms with Gasteiger partial charge in [-0.1, -0.05) is 5.92 Å². The van der Waals surface area contributed by atoms with E-state index in [2.05, 4.69) is 5.92 Å². The molecule has 1 fully saturated rings. The lowest BCUT2D eigenvalue weighted by Crippen LogP contribution is -2.39. The summed E-state index contributed by atoms with van der Waals surface area (Å²) >= 11 is 0. The van der Waals surface area contributed by atoms with Crippen molar-refractivity contribution in [3.63, 3.8) is 0 Å². The van der Waals surface area contributed by atoms with E-state index in [9.17, 15) is 18.8 Å². The number of fused-ring (bicyclic) bond motifs is 1. The van der Waals surface area contributed by atoms with Gasteiger partial charge in [0.1, 0.15) is 5.75 Å². The maximum absolute atomic E-state index is 14.5. The zero-order valence-electron chi connectivity index (χ0n) is 13.5. The van der Waals surface area contributed by atoms with Crippen LogP contribution in [0.25, 0.3) is 0 Å². The minimum atomic E-state index is -1.02. The van der Waals surface area contributed by atoms with Gasteiger partial charge in [-0.3, -0.25) is 14.5 Å². The van der Waals surface area contributed by atoms with Crippen molar-refractivity contribution in [2.45, 2.75) is 13.8 Å². The van der Waals surface area contributed by atoms with E-state index < -0.39 is 23.7 Å². The topological polar surface area (TPSA) is 76.2 Å². The summed E-state index contributed by atoms with van der Waals surface area (Å²) in [6.07, 6.45) is 4.24. The molecule has 2 aliphatic rings. The zero-order valence-corrected chi connectivity index (χ0v) is 13.5. The molecule has 0 unspecified atom stereocenters. The number of benzene rings is 1. The molecule has 2 aliphatic heterocycles. The summed E-state index contributed by atoms with van der Waals surface area (Å²) in [5, 5.41) is 0. The van der Waals surface area contributed by atoms with Gasteiger partial charge in [0, 0.05) is 6.07 Å². The van der Waals surface area contributed by atoms with Crippen LogP contribution in [-0.4, -0.2) is 31.1 Å². The maximum Gasteiger partial charge on any atom is 0.427 e. The van der Waals surface area contributed by atoms with E-state index in [0.717, 1.165) is 6.07 Å². The average molecular weight is 344 g/mol. The molecule has 0 N–H and O–H groups in total. The van der Waals surface area contributed by atoms with Crippen LogP contribution in [0.4, 0.5) is 20.6 Å². The summed E-state index contributed by atoms with van der Waals surface area (Å²) in [6.45, 7) is 2.85. The molecule has 128 valence electrons. The third-order valence-electron chi connectivity index (χ3n) is 3.69. The van der Waals surface area contributed by atoms with E-state index in [4.69, 9.17) is 15.9 Å². The molecule has 25 heavy (non-hydrogen) atoms. The first-order valence-electron chi connectivity index (χ1n) is 7.29. The molecule has 3 rings (SSSR count). The van der Waals surface area contributed by atoms with Crippen molar-refractivity contribution >= 4 is 29.3 Å². The molecule has 3 amide bonds. The number of allylic oxidation sites excluding steroid dienone is 1. The fourth-order valence-corrected chi connectivity index (χ4v) is 2.53. The molecule has 1 saturated heterocycles. The maximum atomic E-state index is 14.5. The number of anilines is 2. The molecule has 0 bridgehead atoms. The molecule has 2 heterocycles. The van der Waals surface area contributed by atoms with Crippen molar-refractivity contribution in [3.8, 4) is 18.1 Å². The van der Waals surface area contributed by atoms with Crippen LogP contribution < -0.4 is 14.5 Å². The van der Waals surface area contributed by atoms with Gasteiger partial charge >= 0.3 is 12.0 Å². The monoisotopic (exact) mass is 344 g/mol. The van der Waals surface area contributed by atoms with Gasteiger partial charge in [-0.2, -0.15) is 0 Å². The number of nitrogens with zero attached hydrogens (tertiary/aromatic N) is 2. The van der Waals surface area contributed by atoms with E-state index >= 15 is 0 Å². The average Bonchev–Trinajstić information content (AvgIpc) is 2.85. The van der Waals surface area contributed by atoms with E-state index in [0.29, 0.717) is 10.5 Å². The van der Waals surface area contributed by atoms with Crippen LogP contribution in [0.1, 0.15) is 13.8 Å². The van der Waals surface area contributed by atoms with Crippen molar-refractivity contribution in [1.82, 2.24) is 0 Å². The summed E-state index contributed by atoms with van der Waals surface area (Å²) in [7, 11) is 0. The molecular weight excluding hydrogens is 331 g/mol. The van der Waals surface area contributed by atoms with Crippen molar-refractivity contribution in [1.29, 1.82) is 0 Å². The van der Waals surface area contributed by atoms with E-state index in [1.807, 2.05) is 0 Å². The van der Waals surface area contributed by atoms with Crippen molar-refractivity contribution < 1.29 is 28.2 Å². The Hall–Kier alpha value is -3.34. The summed E-state index contributed by atoms with van der Waals surface area (Å²) < 4.78 is 24.6. The predicted octanol–water partition coefficient (Wildman–Crippen LogP) is 1.96. The van der Waals surface area contributed by atoms with Gasteiger partial charge in [-0.15, -0.1) is 6.42 Å². The lowest BCUT2D eigenvalue weighted by Gasteiger charge is -2.29. The number of hydrogen-bond donors (Lipinski definition) is 0. The molecule has 7 nitrogen and oxygen atoms in total. The van der Waals surface area contributed by atoms with Crippen molar-refractivity contribution in [2.24, 2.45) is 0 Å². The number of terminal acetylenes is 1. The Balaban J connectivity index is 2.12. The quantitative estimate of drug-likeness (QED) is 0.606. The summed E-state index contributed by atoms with van der Waals surface area (Å²) in [5.74, 6) is 0.204. The minimum absolute atomic E-state index is 0.0577. The number of carbonyl (C=O) groups excluding carboxylic acids is 3. The number of rotatable bonds is 2. The number of imide groups is 1. The largest absolute Gasteiger partial charge is 0.481 e. The number of halogens is 1. The Morgan fingerprint density at radius 3 is 2.60 bits per heavy atom. The Labute approximate surface area is 142 Å². The lowest BCUT2D eigenvalue weighted by molar-refractivity contribution is -0.121. The summed E-state index contributed by atoms with van der Waals surface area (Å²) in [4.78, 5) is 38.1. The molecular formula is C17H13FN2O5. The highest BCUT2D eigenvalue weighted by Gasteiger charge is 2.41. The van der Waals surface area contributed by atoms with E-state index in [1.165, 1.54) is 11.0 Å². The van der Waals surface area contributed by atoms with Gasteiger partial charge < -0.3 is 9.47 Å². The van der Waals surface area contributed by atoms with Gasteiger partial charge in [-0.05, 0) is 25.5 Å². The van der Waals surface area contributed by atoms with Gasteiger partial charge in [0.05, 0.1) is 17.9 Å². The minimum Gasteiger partial charge on any atom is -0.481 e. The molecule has 0 aliphatic carbocycles. The number of ether oxygens (including phenoxy) is 2. The first-order valence-corrected chi connectivity index (χ1v) is 7.29. The normalized spacial score (nSPS) is 16.4. The second-order valence-electron chi connectivity index (χ2n) is 5.58. The SMILES string of the molecule is C#CCN1C(=O)COc2cc(F)c(N3C(=O)OC(=C(C)C)C3=O)cc21. The van der Waals surface area contributed by atoms with Gasteiger partial charge in [-0.25, -0.2) is 14.1 Å². The molecule has 0 aromatic heterocycles. The fourth-order valence-electron chi connectivity index (χ4n) is 2.53. The highest BCUT2D eigenvalue weighted by Crippen LogP contribution is 2.39. The molecule has 0 saturated carbocycles. The number of amides is 3. The Bertz CT molecular complexity index is 880.